The maximum Gasteiger partial charge on any atom is 0.348 e. The van der Waals surface area contributed by atoms with Gasteiger partial charge in [0, 0.05) is 16.5 Å². The molecule has 0 spiro atoms. The van der Waals surface area contributed by atoms with E-state index in [1.165, 1.54) is 11.3 Å². The Bertz CT molecular complexity index is 960. The van der Waals surface area contributed by atoms with Crippen LogP contribution in [0.1, 0.15) is 29.2 Å². The highest BCUT2D eigenvalue weighted by molar-refractivity contribution is 7.20. The summed E-state index contributed by atoms with van der Waals surface area (Å²) in [6.45, 7) is 5.27. The fourth-order valence-corrected chi connectivity index (χ4v) is 3.67. The van der Waals surface area contributed by atoms with Gasteiger partial charge in [-0.25, -0.2) is 9.48 Å². The Hall–Kier alpha value is -2.38. The molecular weight excluding hydrogens is 374 g/mol. The summed E-state index contributed by atoms with van der Waals surface area (Å²) in [5.74, 6) is -0.842. The first-order chi connectivity index (χ1) is 12.3. The fraction of sp³-hybridized carbons (Fsp3) is 0.278. The molecule has 0 atom stereocenters. The van der Waals surface area contributed by atoms with Crippen LogP contribution < -0.4 is 5.32 Å². The number of nitrogens with zero attached hydrogens (tertiary/aromatic N) is 2. The second-order valence-corrected chi connectivity index (χ2v) is 7.57. The maximum absolute atomic E-state index is 12.3. The zero-order valence-corrected chi connectivity index (χ0v) is 16.1. The molecule has 2 heterocycles. The molecule has 8 heteroatoms. The minimum absolute atomic E-state index is 0.00136. The van der Waals surface area contributed by atoms with Crippen molar-refractivity contribution in [3.63, 3.8) is 0 Å². The molecule has 1 amide bonds. The highest BCUT2D eigenvalue weighted by atomic mass is 35.5. The summed E-state index contributed by atoms with van der Waals surface area (Å²) < 4.78 is 6.87. The van der Waals surface area contributed by atoms with Gasteiger partial charge >= 0.3 is 5.97 Å². The molecule has 3 aromatic rings. The summed E-state index contributed by atoms with van der Waals surface area (Å²) in [5, 5.41) is 8.72. The van der Waals surface area contributed by atoms with Crippen LogP contribution in [0.25, 0.3) is 15.9 Å². The van der Waals surface area contributed by atoms with Crippen LogP contribution in [-0.2, 0) is 9.53 Å². The minimum Gasteiger partial charge on any atom is -0.451 e. The van der Waals surface area contributed by atoms with Crippen LogP contribution in [0, 0.1) is 6.92 Å². The van der Waals surface area contributed by atoms with Crippen LogP contribution in [0.4, 0.5) is 0 Å². The van der Waals surface area contributed by atoms with Crippen molar-refractivity contribution in [1.29, 1.82) is 0 Å². The van der Waals surface area contributed by atoms with E-state index in [1.807, 2.05) is 32.9 Å². The number of aryl methyl sites for hydroxylation is 1. The van der Waals surface area contributed by atoms with Gasteiger partial charge in [-0.1, -0.05) is 11.6 Å². The van der Waals surface area contributed by atoms with Gasteiger partial charge in [0.2, 0.25) is 0 Å². The third-order valence-electron chi connectivity index (χ3n) is 3.60. The van der Waals surface area contributed by atoms with Crippen molar-refractivity contribution in [2.45, 2.75) is 26.8 Å². The van der Waals surface area contributed by atoms with Gasteiger partial charge in [-0.3, -0.25) is 4.79 Å². The van der Waals surface area contributed by atoms with E-state index >= 15 is 0 Å². The van der Waals surface area contributed by atoms with Gasteiger partial charge in [-0.2, -0.15) is 5.10 Å². The number of amides is 1. The number of rotatable bonds is 5. The molecule has 0 aliphatic carbocycles. The van der Waals surface area contributed by atoms with Gasteiger partial charge in [0.1, 0.15) is 9.71 Å². The Morgan fingerprint density at radius 2 is 2.00 bits per heavy atom. The summed E-state index contributed by atoms with van der Waals surface area (Å²) in [4.78, 5) is 25.2. The van der Waals surface area contributed by atoms with Crippen molar-refractivity contribution in [1.82, 2.24) is 15.1 Å². The van der Waals surface area contributed by atoms with Crippen molar-refractivity contribution < 1.29 is 14.3 Å². The molecule has 0 saturated heterocycles. The van der Waals surface area contributed by atoms with E-state index in [1.54, 1.807) is 22.9 Å². The Morgan fingerprint density at radius 3 is 2.65 bits per heavy atom. The number of carbonyl (C=O) groups excluding carboxylic acids is 2. The Kier molecular flexibility index (Phi) is 5.29. The number of ether oxygens (including phenoxy) is 1. The number of carbonyl (C=O) groups is 2. The van der Waals surface area contributed by atoms with Crippen molar-refractivity contribution in [3.05, 3.63) is 45.9 Å². The van der Waals surface area contributed by atoms with Crippen LogP contribution in [0.3, 0.4) is 0 Å². The van der Waals surface area contributed by atoms with Gasteiger partial charge in [-0.15, -0.1) is 11.3 Å². The number of nitrogens with one attached hydrogen (secondary N) is 1. The van der Waals surface area contributed by atoms with Crippen molar-refractivity contribution in [2.24, 2.45) is 0 Å². The van der Waals surface area contributed by atoms with E-state index in [9.17, 15) is 9.59 Å². The number of esters is 1. The molecule has 1 N–H and O–H groups in total. The average Bonchev–Trinajstić information content (AvgIpc) is 3.14. The van der Waals surface area contributed by atoms with E-state index in [0.29, 0.717) is 9.90 Å². The van der Waals surface area contributed by atoms with Crippen LogP contribution in [0.2, 0.25) is 5.02 Å². The van der Waals surface area contributed by atoms with Crippen LogP contribution in [0.5, 0.6) is 0 Å². The third kappa shape index (κ3) is 3.89. The molecule has 136 valence electrons. The Balaban J connectivity index is 1.83. The van der Waals surface area contributed by atoms with E-state index in [4.69, 9.17) is 16.3 Å². The smallest absolute Gasteiger partial charge is 0.348 e. The second-order valence-electron chi connectivity index (χ2n) is 6.10. The predicted molar refractivity (Wildman–Crippen MR) is 102 cm³/mol. The fourth-order valence-electron chi connectivity index (χ4n) is 2.47. The van der Waals surface area contributed by atoms with Crippen LogP contribution in [-0.4, -0.2) is 34.3 Å². The molecule has 3 rings (SSSR count). The number of hydrogen-bond donors (Lipinski definition) is 1. The molecule has 0 aliphatic heterocycles. The van der Waals surface area contributed by atoms with Gasteiger partial charge in [0.05, 0.1) is 11.4 Å². The molecule has 2 aromatic heterocycles. The lowest BCUT2D eigenvalue weighted by molar-refractivity contribution is -0.124. The molecular formula is C18H18ClN3O3S. The summed E-state index contributed by atoms with van der Waals surface area (Å²) in [7, 11) is 0. The van der Waals surface area contributed by atoms with Crippen molar-refractivity contribution in [3.8, 4) is 5.69 Å². The third-order valence-corrected chi connectivity index (χ3v) is 4.94. The lowest BCUT2D eigenvalue weighted by Gasteiger charge is -2.08. The quantitative estimate of drug-likeness (QED) is 0.672. The number of hydrogen-bond acceptors (Lipinski definition) is 5. The summed E-state index contributed by atoms with van der Waals surface area (Å²) >= 11 is 7.22. The normalized spacial score (nSPS) is 11.1. The van der Waals surface area contributed by atoms with Crippen molar-refractivity contribution >= 4 is 45.0 Å². The molecule has 6 nitrogen and oxygen atoms in total. The molecule has 0 aliphatic rings. The number of halogens is 1. The number of thiophene rings is 1. The number of benzene rings is 1. The average molecular weight is 392 g/mol. The number of fused-ring (bicyclic) bond motifs is 1. The molecule has 0 fully saturated rings. The maximum atomic E-state index is 12.3. The zero-order valence-electron chi connectivity index (χ0n) is 14.6. The van der Waals surface area contributed by atoms with E-state index in [2.05, 4.69) is 10.4 Å². The zero-order chi connectivity index (χ0) is 18.8. The molecule has 1 aromatic carbocycles. The highest BCUT2D eigenvalue weighted by Gasteiger charge is 2.19. The van der Waals surface area contributed by atoms with Gasteiger partial charge in [-0.05, 0) is 51.1 Å². The molecule has 0 bridgehead atoms. The monoisotopic (exact) mass is 391 g/mol. The summed E-state index contributed by atoms with van der Waals surface area (Å²) in [6.07, 6.45) is 0. The van der Waals surface area contributed by atoms with Crippen molar-refractivity contribution in [2.75, 3.05) is 6.61 Å². The van der Waals surface area contributed by atoms with Gasteiger partial charge < -0.3 is 10.1 Å². The Morgan fingerprint density at radius 1 is 1.31 bits per heavy atom. The molecule has 26 heavy (non-hydrogen) atoms. The minimum atomic E-state index is -0.521. The number of aromatic nitrogens is 2. The molecule has 0 unspecified atom stereocenters. The van der Waals surface area contributed by atoms with Gasteiger partial charge in [0.15, 0.2) is 6.61 Å². The largest absolute Gasteiger partial charge is 0.451 e. The lowest BCUT2D eigenvalue weighted by Crippen LogP contribution is -2.33. The summed E-state index contributed by atoms with van der Waals surface area (Å²) in [6, 6.07) is 9.05. The first kappa shape index (κ1) is 18.4. The second kappa shape index (κ2) is 7.47. The topological polar surface area (TPSA) is 73.2 Å². The predicted octanol–water partition coefficient (Wildman–Crippen LogP) is 3.73. The lowest BCUT2D eigenvalue weighted by atomic mass is 10.3. The van der Waals surface area contributed by atoms with Crippen LogP contribution >= 0.6 is 22.9 Å². The van der Waals surface area contributed by atoms with E-state index in [-0.39, 0.29) is 18.6 Å². The Labute approximate surface area is 159 Å². The first-order valence-electron chi connectivity index (χ1n) is 8.06. The highest BCUT2D eigenvalue weighted by Crippen LogP contribution is 2.31. The van der Waals surface area contributed by atoms with Crippen LogP contribution in [0.15, 0.2) is 30.3 Å². The summed E-state index contributed by atoms with van der Waals surface area (Å²) in [5.41, 5.74) is 1.66. The first-order valence-corrected chi connectivity index (χ1v) is 9.26. The van der Waals surface area contributed by atoms with Gasteiger partial charge in [0.25, 0.3) is 5.91 Å². The van der Waals surface area contributed by atoms with E-state index < -0.39 is 5.97 Å². The standard InChI is InChI=1S/C18H18ClN3O3S/c1-10(2)20-16(23)9-25-18(24)15-8-14-11(3)21-22(17(14)26-15)13-6-4-12(19)5-7-13/h4-8,10H,9H2,1-3H3,(H,20,23). The van der Waals surface area contributed by atoms with E-state index in [0.717, 1.165) is 21.6 Å². The SMILES string of the molecule is Cc1nn(-c2ccc(Cl)cc2)c2sc(C(=O)OCC(=O)NC(C)C)cc12. The molecule has 0 saturated carbocycles. The molecule has 0 radical (unpaired) electrons.